The molecule has 0 aliphatic rings. The molecule has 1 aromatic heterocycles. The van der Waals surface area contributed by atoms with Crippen molar-refractivity contribution < 1.29 is 4.79 Å². The number of thiocarbonyl (C=S) groups is 1. The van der Waals surface area contributed by atoms with Gasteiger partial charge in [-0.05, 0) is 5.92 Å². The summed E-state index contributed by atoms with van der Waals surface area (Å²) in [6.45, 7) is 4.10. The van der Waals surface area contributed by atoms with E-state index in [1.165, 1.54) is 0 Å². The second kappa shape index (κ2) is 5.77. The van der Waals surface area contributed by atoms with Gasteiger partial charge in [0, 0.05) is 13.5 Å². The molecule has 6 heteroatoms. The van der Waals surface area contributed by atoms with E-state index >= 15 is 0 Å². The minimum atomic E-state index is -0.0412. The number of aromatic nitrogens is 2. The van der Waals surface area contributed by atoms with E-state index in [4.69, 9.17) is 18.0 Å². The van der Waals surface area contributed by atoms with Crippen molar-refractivity contribution in [3.63, 3.8) is 0 Å². The van der Waals surface area contributed by atoms with Crippen molar-refractivity contribution in [3.05, 3.63) is 11.8 Å². The van der Waals surface area contributed by atoms with Crippen LogP contribution in [0.2, 0.25) is 0 Å². The van der Waals surface area contributed by atoms with E-state index in [0.717, 1.165) is 6.42 Å². The lowest BCUT2D eigenvalue weighted by molar-refractivity contribution is -0.117. The van der Waals surface area contributed by atoms with Crippen LogP contribution in [-0.4, -0.2) is 20.7 Å². The third-order valence-corrected chi connectivity index (χ3v) is 2.91. The van der Waals surface area contributed by atoms with E-state index in [-0.39, 0.29) is 10.9 Å². The molecule has 0 aliphatic carbocycles. The zero-order valence-corrected chi connectivity index (χ0v) is 11.2. The first-order chi connectivity index (χ1) is 7.95. The van der Waals surface area contributed by atoms with Crippen LogP contribution in [0, 0.1) is 5.92 Å². The predicted molar refractivity (Wildman–Crippen MR) is 71.8 cm³/mol. The standard InChI is InChI=1S/C11H18N4OS/c1-4-7(2)5-9(16)14-11-8(10(12)17)6-13-15(11)3/h6-7H,4-5H2,1-3H3,(H2,12,17)(H,14,16). The highest BCUT2D eigenvalue weighted by molar-refractivity contribution is 7.80. The summed E-state index contributed by atoms with van der Waals surface area (Å²) in [6, 6.07) is 0. The Morgan fingerprint density at radius 2 is 2.35 bits per heavy atom. The monoisotopic (exact) mass is 254 g/mol. The van der Waals surface area contributed by atoms with E-state index in [0.29, 0.717) is 23.7 Å². The molecule has 1 heterocycles. The first-order valence-electron chi connectivity index (χ1n) is 5.57. The molecule has 0 radical (unpaired) electrons. The average molecular weight is 254 g/mol. The summed E-state index contributed by atoms with van der Waals surface area (Å²) in [5.41, 5.74) is 6.16. The third kappa shape index (κ3) is 3.52. The summed E-state index contributed by atoms with van der Waals surface area (Å²) in [6.07, 6.45) is 3.01. The molecule has 0 aromatic carbocycles. The van der Waals surface area contributed by atoms with Crippen molar-refractivity contribution in [2.24, 2.45) is 18.7 Å². The van der Waals surface area contributed by atoms with Gasteiger partial charge in [-0.3, -0.25) is 9.48 Å². The number of hydrogen-bond acceptors (Lipinski definition) is 3. The Balaban J connectivity index is 2.77. The van der Waals surface area contributed by atoms with Gasteiger partial charge < -0.3 is 11.1 Å². The average Bonchev–Trinajstić information content (AvgIpc) is 2.60. The summed E-state index contributed by atoms with van der Waals surface area (Å²) in [5.74, 6) is 0.878. The lowest BCUT2D eigenvalue weighted by Crippen LogP contribution is -2.20. The molecule has 0 fully saturated rings. The fourth-order valence-corrected chi connectivity index (χ4v) is 1.56. The number of carbonyl (C=O) groups excluding carboxylic acids is 1. The van der Waals surface area contributed by atoms with Gasteiger partial charge in [0.25, 0.3) is 0 Å². The maximum Gasteiger partial charge on any atom is 0.225 e. The number of nitrogens with one attached hydrogen (secondary N) is 1. The molecule has 1 unspecified atom stereocenters. The number of amides is 1. The normalized spacial score (nSPS) is 12.2. The number of rotatable bonds is 5. The van der Waals surface area contributed by atoms with Gasteiger partial charge in [0.15, 0.2) is 0 Å². The van der Waals surface area contributed by atoms with Gasteiger partial charge in [0.1, 0.15) is 10.8 Å². The summed E-state index contributed by atoms with van der Waals surface area (Å²) < 4.78 is 1.56. The Morgan fingerprint density at radius 1 is 1.71 bits per heavy atom. The lowest BCUT2D eigenvalue weighted by Gasteiger charge is -2.10. The van der Waals surface area contributed by atoms with Crippen LogP contribution in [0.25, 0.3) is 0 Å². The van der Waals surface area contributed by atoms with Gasteiger partial charge in [-0.1, -0.05) is 32.5 Å². The zero-order chi connectivity index (χ0) is 13.0. The number of nitrogens with two attached hydrogens (primary N) is 1. The fourth-order valence-electron chi connectivity index (χ4n) is 1.41. The van der Waals surface area contributed by atoms with Crippen molar-refractivity contribution in [2.75, 3.05) is 5.32 Å². The van der Waals surface area contributed by atoms with E-state index in [2.05, 4.69) is 17.3 Å². The molecule has 0 saturated heterocycles. The van der Waals surface area contributed by atoms with E-state index < -0.39 is 0 Å². The highest BCUT2D eigenvalue weighted by Crippen LogP contribution is 2.15. The summed E-state index contributed by atoms with van der Waals surface area (Å²) in [7, 11) is 1.74. The fraction of sp³-hybridized carbons (Fsp3) is 0.545. The minimum Gasteiger partial charge on any atom is -0.389 e. The van der Waals surface area contributed by atoms with E-state index in [1.807, 2.05) is 6.92 Å². The molecule has 17 heavy (non-hydrogen) atoms. The first-order valence-corrected chi connectivity index (χ1v) is 5.98. The molecular weight excluding hydrogens is 236 g/mol. The highest BCUT2D eigenvalue weighted by Gasteiger charge is 2.14. The number of carbonyl (C=O) groups is 1. The molecule has 3 N–H and O–H groups in total. The van der Waals surface area contributed by atoms with Crippen molar-refractivity contribution in [1.82, 2.24) is 9.78 Å². The van der Waals surface area contributed by atoms with Crippen LogP contribution in [0.15, 0.2) is 6.20 Å². The number of hydrogen-bond donors (Lipinski definition) is 2. The van der Waals surface area contributed by atoms with Gasteiger partial charge in [0.05, 0.1) is 11.8 Å². The van der Waals surface area contributed by atoms with Crippen LogP contribution < -0.4 is 11.1 Å². The molecule has 5 nitrogen and oxygen atoms in total. The van der Waals surface area contributed by atoms with Crippen LogP contribution in [0.3, 0.4) is 0 Å². The molecule has 1 atom stereocenters. The quantitative estimate of drug-likeness (QED) is 0.780. The molecule has 1 aromatic rings. The maximum absolute atomic E-state index is 11.8. The van der Waals surface area contributed by atoms with Gasteiger partial charge in [-0.25, -0.2) is 0 Å². The Hall–Kier alpha value is -1.43. The lowest BCUT2D eigenvalue weighted by atomic mass is 10.1. The second-order valence-corrected chi connectivity index (χ2v) is 4.60. The van der Waals surface area contributed by atoms with Crippen molar-refractivity contribution >= 4 is 28.9 Å². The van der Waals surface area contributed by atoms with Gasteiger partial charge in [-0.15, -0.1) is 0 Å². The van der Waals surface area contributed by atoms with Crippen LogP contribution in [-0.2, 0) is 11.8 Å². The molecule has 0 saturated carbocycles. The van der Waals surface area contributed by atoms with Crippen LogP contribution in [0.4, 0.5) is 5.82 Å². The molecule has 0 aliphatic heterocycles. The SMILES string of the molecule is CCC(C)CC(=O)Nc1c(C(N)=S)cnn1C. The molecule has 1 rings (SSSR count). The molecule has 94 valence electrons. The largest absolute Gasteiger partial charge is 0.389 e. The zero-order valence-electron chi connectivity index (χ0n) is 10.4. The summed E-state index contributed by atoms with van der Waals surface area (Å²) in [4.78, 5) is 12.0. The van der Waals surface area contributed by atoms with Crippen LogP contribution in [0.5, 0.6) is 0 Å². The third-order valence-electron chi connectivity index (χ3n) is 2.69. The Morgan fingerprint density at radius 3 is 2.88 bits per heavy atom. The smallest absolute Gasteiger partial charge is 0.225 e. The first kappa shape index (κ1) is 13.6. The summed E-state index contributed by atoms with van der Waals surface area (Å²) in [5, 5.41) is 6.82. The molecule has 0 spiro atoms. The Labute approximate surface area is 106 Å². The number of anilines is 1. The Bertz CT molecular complexity index is 427. The van der Waals surface area contributed by atoms with Crippen LogP contribution >= 0.6 is 12.2 Å². The van der Waals surface area contributed by atoms with Gasteiger partial charge >= 0.3 is 0 Å². The van der Waals surface area contributed by atoms with Crippen LogP contribution in [0.1, 0.15) is 32.3 Å². The van der Waals surface area contributed by atoms with Crippen molar-refractivity contribution in [1.29, 1.82) is 0 Å². The van der Waals surface area contributed by atoms with Crippen molar-refractivity contribution in [2.45, 2.75) is 26.7 Å². The molecule has 0 bridgehead atoms. The van der Waals surface area contributed by atoms with Crippen molar-refractivity contribution in [3.8, 4) is 0 Å². The minimum absolute atomic E-state index is 0.0412. The summed E-state index contributed by atoms with van der Waals surface area (Å²) >= 11 is 4.90. The number of aryl methyl sites for hydroxylation is 1. The topological polar surface area (TPSA) is 72.9 Å². The van der Waals surface area contributed by atoms with Gasteiger partial charge in [-0.2, -0.15) is 5.10 Å². The van der Waals surface area contributed by atoms with E-state index in [1.54, 1.807) is 17.9 Å². The molecular formula is C11H18N4OS. The van der Waals surface area contributed by atoms with E-state index in [9.17, 15) is 4.79 Å². The molecule has 1 amide bonds. The van der Waals surface area contributed by atoms with Gasteiger partial charge in [0.2, 0.25) is 5.91 Å². The second-order valence-electron chi connectivity index (χ2n) is 4.16. The highest BCUT2D eigenvalue weighted by atomic mass is 32.1. The predicted octanol–water partition coefficient (Wildman–Crippen LogP) is 1.43. The Kier molecular flexibility index (Phi) is 4.62. The number of nitrogens with zero attached hydrogens (tertiary/aromatic N) is 2. The maximum atomic E-state index is 11.8.